The quantitative estimate of drug-likeness (QED) is 0.632. The average molecular weight is 456 g/mol. The summed E-state index contributed by atoms with van der Waals surface area (Å²) in [4.78, 5) is 26.9. The molecule has 0 unspecified atom stereocenters. The Hall–Kier alpha value is -2.96. The number of Topliss-reactive ketones (excluding diaryl/α,β-unsaturated/α-hetero) is 1. The van der Waals surface area contributed by atoms with Crippen molar-refractivity contribution < 1.29 is 28.9 Å². The second-order valence-corrected chi connectivity index (χ2v) is 10.0. The number of esters is 1. The Balaban J connectivity index is 1.86. The van der Waals surface area contributed by atoms with E-state index >= 15 is 0 Å². The van der Waals surface area contributed by atoms with Gasteiger partial charge in [-0.15, -0.1) is 0 Å². The first-order valence-corrected chi connectivity index (χ1v) is 11.5. The number of nitrogens with one attached hydrogen (secondary N) is 1. The van der Waals surface area contributed by atoms with E-state index in [1.807, 2.05) is 6.92 Å². The van der Waals surface area contributed by atoms with Crippen LogP contribution in [0.25, 0.3) is 0 Å². The number of carbonyl (C=O) groups excluding carboxylic acids is 2. The minimum absolute atomic E-state index is 0.00317. The zero-order chi connectivity index (χ0) is 23.9. The molecule has 4 rings (SSSR count). The number of benzene rings is 1. The van der Waals surface area contributed by atoms with Gasteiger partial charge in [0.15, 0.2) is 17.3 Å². The minimum atomic E-state index is -0.637. The van der Waals surface area contributed by atoms with E-state index in [4.69, 9.17) is 14.2 Å². The first-order valence-electron chi connectivity index (χ1n) is 11.5. The van der Waals surface area contributed by atoms with Gasteiger partial charge in [-0.1, -0.05) is 13.8 Å². The van der Waals surface area contributed by atoms with Crippen LogP contribution in [0.5, 0.6) is 17.2 Å². The number of phenolic OH excluding ortho intramolecular Hbond substituents is 1. The number of phenols is 1. The van der Waals surface area contributed by atoms with E-state index in [9.17, 15) is 14.7 Å². The molecule has 1 saturated carbocycles. The summed E-state index contributed by atoms with van der Waals surface area (Å²) in [6.07, 6.45) is 4.80. The molecule has 1 aliphatic heterocycles. The third-order valence-corrected chi connectivity index (χ3v) is 6.87. The van der Waals surface area contributed by atoms with Gasteiger partial charge in [-0.3, -0.25) is 4.79 Å². The molecule has 1 atom stereocenters. The summed E-state index contributed by atoms with van der Waals surface area (Å²) < 4.78 is 16.6. The number of carbonyl (C=O) groups is 2. The predicted octanol–water partition coefficient (Wildman–Crippen LogP) is 4.50. The van der Waals surface area contributed by atoms with Crippen LogP contribution in [0, 0.1) is 5.41 Å². The van der Waals surface area contributed by atoms with Crippen LogP contribution in [0.1, 0.15) is 70.8 Å². The third kappa shape index (κ3) is 4.33. The summed E-state index contributed by atoms with van der Waals surface area (Å²) >= 11 is 0. The summed E-state index contributed by atoms with van der Waals surface area (Å²) in [6, 6.07) is 3.34. The Morgan fingerprint density at radius 3 is 2.27 bits per heavy atom. The van der Waals surface area contributed by atoms with Gasteiger partial charge < -0.3 is 24.6 Å². The molecule has 33 heavy (non-hydrogen) atoms. The van der Waals surface area contributed by atoms with Crippen molar-refractivity contribution in [3.05, 3.63) is 40.2 Å². The largest absolute Gasteiger partial charge is 0.502 e. The average Bonchev–Trinajstić information content (AvgIpc) is 3.24. The van der Waals surface area contributed by atoms with E-state index < -0.39 is 11.9 Å². The maximum absolute atomic E-state index is 13.5. The fourth-order valence-corrected chi connectivity index (χ4v) is 5.34. The zero-order valence-corrected chi connectivity index (χ0v) is 20.0. The maximum atomic E-state index is 13.5. The van der Waals surface area contributed by atoms with Gasteiger partial charge in [-0.2, -0.15) is 0 Å². The van der Waals surface area contributed by atoms with Crippen LogP contribution >= 0.6 is 0 Å². The van der Waals surface area contributed by atoms with E-state index in [1.165, 1.54) is 14.2 Å². The molecule has 0 saturated heterocycles. The van der Waals surface area contributed by atoms with Gasteiger partial charge in [0.25, 0.3) is 0 Å². The van der Waals surface area contributed by atoms with Crippen LogP contribution in [-0.2, 0) is 14.3 Å². The molecule has 2 N–H and O–H groups in total. The first-order chi connectivity index (χ1) is 15.6. The number of allylic oxidation sites excluding steroid dienone is 3. The molecule has 7 nitrogen and oxygen atoms in total. The molecule has 0 amide bonds. The highest BCUT2D eigenvalue weighted by molar-refractivity contribution is 6.04. The van der Waals surface area contributed by atoms with Crippen molar-refractivity contribution in [1.29, 1.82) is 0 Å². The Bertz CT molecular complexity index is 1020. The highest BCUT2D eigenvalue weighted by atomic mass is 16.5. The molecule has 0 spiro atoms. The van der Waals surface area contributed by atoms with Crippen LogP contribution in [0.3, 0.4) is 0 Å². The standard InChI is InChI=1S/C26H33NO6/c1-14-21(25(30)33-16-8-6-7-9-16)22(15-10-19(31-4)24(29)20(11-15)32-5)23-17(27-14)12-26(2,3)13-18(23)28/h10-11,16,22,27,29H,6-9,12-13H2,1-5H3/t22-/m1/s1. The molecule has 1 aromatic rings. The summed E-state index contributed by atoms with van der Waals surface area (Å²) in [5.41, 5.74) is 2.97. The number of rotatable bonds is 5. The fourth-order valence-electron chi connectivity index (χ4n) is 5.34. The van der Waals surface area contributed by atoms with E-state index in [0.717, 1.165) is 31.4 Å². The van der Waals surface area contributed by atoms with Crippen molar-refractivity contribution in [1.82, 2.24) is 5.32 Å². The van der Waals surface area contributed by atoms with Gasteiger partial charge in [0.05, 0.1) is 19.8 Å². The molecule has 1 fully saturated rings. The molecule has 1 aromatic carbocycles. The van der Waals surface area contributed by atoms with Gasteiger partial charge in [0.2, 0.25) is 5.75 Å². The minimum Gasteiger partial charge on any atom is -0.502 e. The Labute approximate surface area is 194 Å². The lowest BCUT2D eigenvalue weighted by Gasteiger charge is -2.39. The van der Waals surface area contributed by atoms with Gasteiger partial charge in [0.1, 0.15) is 6.10 Å². The summed E-state index contributed by atoms with van der Waals surface area (Å²) in [6.45, 7) is 5.99. The van der Waals surface area contributed by atoms with Crippen molar-refractivity contribution >= 4 is 11.8 Å². The molecule has 3 aliphatic rings. The monoisotopic (exact) mass is 455 g/mol. The van der Waals surface area contributed by atoms with Gasteiger partial charge in [-0.05, 0) is 62.1 Å². The molecule has 0 aromatic heterocycles. The van der Waals surface area contributed by atoms with Crippen LogP contribution < -0.4 is 14.8 Å². The highest BCUT2D eigenvalue weighted by Crippen LogP contribution is 2.49. The Kier molecular flexibility index (Phi) is 6.16. The van der Waals surface area contributed by atoms with E-state index in [2.05, 4.69) is 19.2 Å². The lowest BCUT2D eigenvalue weighted by Crippen LogP contribution is -2.39. The second kappa shape index (κ2) is 8.76. The SMILES string of the molecule is COc1cc([C@@H]2C(C(=O)OC3CCCC3)=C(C)NC3=C2C(=O)CC(C)(C)C3)cc(OC)c1O. The summed E-state index contributed by atoms with van der Waals surface area (Å²) in [5, 5.41) is 13.8. The van der Waals surface area contributed by atoms with E-state index in [1.54, 1.807) is 12.1 Å². The Morgan fingerprint density at radius 1 is 1.09 bits per heavy atom. The summed E-state index contributed by atoms with van der Waals surface area (Å²) in [7, 11) is 2.91. The fraction of sp³-hybridized carbons (Fsp3) is 0.538. The van der Waals surface area contributed by atoms with Crippen LogP contribution in [0.15, 0.2) is 34.7 Å². The predicted molar refractivity (Wildman–Crippen MR) is 123 cm³/mol. The van der Waals surface area contributed by atoms with Crippen LogP contribution in [0.4, 0.5) is 0 Å². The number of ketones is 1. The molecular weight excluding hydrogens is 422 g/mol. The highest BCUT2D eigenvalue weighted by Gasteiger charge is 2.44. The van der Waals surface area contributed by atoms with Crippen molar-refractivity contribution in [2.75, 3.05) is 14.2 Å². The lowest BCUT2D eigenvalue weighted by molar-refractivity contribution is -0.144. The molecule has 1 heterocycles. The second-order valence-electron chi connectivity index (χ2n) is 10.0. The van der Waals surface area contributed by atoms with E-state index in [0.29, 0.717) is 35.2 Å². The lowest BCUT2D eigenvalue weighted by atomic mass is 9.68. The van der Waals surface area contributed by atoms with Crippen LogP contribution in [-0.4, -0.2) is 37.2 Å². The molecule has 0 bridgehead atoms. The number of aromatic hydroxyl groups is 1. The number of hydrogen-bond acceptors (Lipinski definition) is 7. The third-order valence-electron chi connectivity index (χ3n) is 6.87. The number of dihydropyridines is 1. The topological polar surface area (TPSA) is 94.1 Å². The molecule has 0 radical (unpaired) electrons. The summed E-state index contributed by atoms with van der Waals surface area (Å²) in [5.74, 6) is -0.735. The smallest absolute Gasteiger partial charge is 0.337 e. The van der Waals surface area contributed by atoms with Crippen LogP contribution in [0.2, 0.25) is 0 Å². The van der Waals surface area contributed by atoms with Gasteiger partial charge in [-0.25, -0.2) is 4.79 Å². The zero-order valence-electron chi connectivity index (χ0n) is 20.0. The van der Waals surface area contributed by atoms with Crippen molar-refractivity contribution in [2.45, 2.75) is 71.3 Å². The number of ether oxygens (including phenoxy) is 3. The van der Waals surface area contributed by atoms with Crippen molar-refractivity contribution in [3.8, 4) is 17.2 Å². The molecule has 2 aliphatic carbocycles. The molecule has 178 valence electrons. The first kappa shape index (κ1) is 23.2. The molecular formula is C26H33NO6. The van der Waals surface area contributed by atoms with E-state index in [-0.39, 0.29) is 34.6 Å². The maximum Gasteiger partial charge on any atom is 0.337 e. The normalized spacial score (nSPS) is 22.7. The van der Waals surface area contributed by atoms with Gasteiger partial charge >= 0.3 is 5.97 Å². The molecule has 7 heteroatoms. The van der Waals surface area contributed by atoms with Gasteiger partial charge in [0, 0.05) is 29.3 Å². The van der Waals surface area contributed by atoms with Crippen molar-refractivity contribution in [2.24, 2.45) is 5.41 Å². The van der Waals surface area contributed by atoms with Crippen molar-refractivity contribution in [3.63, 3.8) is 0 Å². The number of hydrogen-bond donors (Lipinski definition) is 2. The Morgan fingerprint density at radius 2 is 1.70 bits per heavy atom. The number of methoxy groups -OCH3 is 2.